The molecule has 0 bridgehead atoms. The molecule has 0 saturated heterocycles. The lowest BCUT2D eigenvalue weighted by Gasteiger charge is -1.95. The second-order valence-corrected chi connectivity index (χ2v) is 3.84. The van der Waals surface area contributed by atoms with Crippen LogP contribution in [0.4, 0.5) is 5.95 Å². The summed E-state index contributed by atoms with van der Waals surface area (Å²) in [6.07, 6.45) is 1.75. The third-order valence-electron chi connectivity index (χ3n) is 2.03. The molecule has 15 heavy (non-hydrogen) atoms. The molecule has 3 aromatic rings. The van der Waals surface area contributed by atoms with Crippen LogP contribution in [-0.2, 0) is 0 Å². The summed E-state index contributed by atoms with van der Waals surface area (Å²) in [6.45, 7) is 0. The molecule has 0 amide bonds. The number of anilines is 1. The summed E-state index contributed by atoms with van der Waals surface area (Å²) >= 11 is 1.50. The zero-order chi connectivity index (χ0) is 10.3. The highest BCUT2D eigenvalue weighted by Crippen LogP contribution is 2.23. The highest BCUT2D eigenvalue weighted by molar-refractivity contribution is 7.15. The van der Waals surface area contributed by atoms with Gasteiger partial charge in [0.05, 0.1) is 5.69 Å². The molecule has 3 aromatic heterocycles. The fourth-order valence-corrected chi connectivity index (χ4v) is 2.21. The number of thiazole rings is 1. The molecule has 0 radical (unpaired) electrons. The lowest BCUT2D eigenvalue weighted by Crippen LogP contribution is -1.92. The Morgan fingerprint density at radius 3 is 3.07 bits per heavy atom. The Morgan fingerprint density at radius 1 is 1.33 bits per heavy atom. The van der Waals surface area contributed by atoms with E-state index in [1.54, 1.807) is 10.7 Å². The minimum absolute atomic E-state index is 0.291. The SMILES string of the molecule is Nc1nc2scc(-c3ccccn3)n2n1. The third kappa shape index (κ3) is 1.26. The summed E-state index contributed by atoms with van der Waals surface area (Å²) in [7, 11) is 0. The van der Waals surface area contributed by atoms with Crippen LogP contribution in [-0.4, -0.2) is 19.6 Å². The molecular weight excluding hydrogens is 210 g/mol. The zero-order valence-corrected chi connectivity index (χ0v) is 8.48. The second kappa shape index (κ2) is 3.03. The van der Waals surface area contributed by atoms with Crippen molar-refractivity contribution in [1.82, 2.24) is 19.6 Å². The predicted molar refractivity (Wildman–Crippen MR) is 58.5 cm³/mol. The quantitative estimate of drug-likeness (QED) is 0.669. The van der Waals surface area contributed by atoms with E-state index in [9.17, 15) is 0 Å². The third-order valence-corrected chi connectivity index (χ3v) is 2.84. The van der Waals surface area contributed by atoms with Gasteiger partial charge in [0.1, 0.15) is 5.69 Å². The van der Waals surface area contributed by atoms with Gasteiger partial charge in [-0.05, 0) is 12.1 Å². The molecule has 0 aliphatic rings. The summed E-state index contributed by atoms with van der Waals surface area (Å²) in [4.78, 5) is 9.12. The highest BCUT2D eigenvalue weighted by Gasteiger charge is 2.09. The maximum absolute atomic E-state index is 5.53. The van der Waals surface area contributed by atoms with E-state index in [-0.39, 0.29) is 0 Å². The van der Waals surface area contributed by atoms with Crippen LogP contribution < -0.4 is 5.73 Å². The van der Waals surface area contributed by atoms with Gasteiger partial charge in [-0.1, -0.05) is 6.07 Å². The van der Waals surface area contributed by atoms with Crippen molar-refractivity contribution in [2.45, 2.75) is 0 Å². The maximum atomic E-state index is 5.53. The molecule has 0 aliphatic heterocycles. The minimum Gasteiger partial charge on any atom is -0.366 e. The molecule has 0 unspecified atom stereocenters. The van der Waals surface area contributed by atoms with E-state index in [4.69, 9.17) is 5.73 Å². The van der Waals surface area contributed by atoms with Crippen LogP contribution in [0.15, 0.2) is 29.8 Å². The molecule has 0 spiro atoms. The van der Waals surface area contributed by atoms with Crippen molar-refractivity contribution in [3.05, 3.63) is 29.8 Å². The number of nitrogens with two attached hydrogens (primary N) is 1. The maximum Gasteiger partial charge on any atom is 0.241 e. The number of rotatable bonds is 1. The van der Waals surface area contributed by atoms with Crippen molar-refractivity contribution in [1.29, 1.82) is 0 Å². The lowest BCUT2D eigenvalue weighted by molar-refractivity contribution is 0.985. The number of nitrogen functional groups attached to an aromatic ring is 1. The summed E-state index contributed by atoms with van der Waals surface area (Å²) in [5.41, 5.74) is 7.31. The van der Waals surface area contributed by atoms with E-state index >= 15 is 0 Å². The molecule has 0 aromatic carbocycles. The van der Waals surface area contributed by atoms with Gasteiger partial charge >= 0.3 is 0 Å². The van der Waals surface area contributed by atoms with Gasteiger partial charge < -0.3 is 5.73 Å². The summed E-state index contributed by atoms with van der Waals surface area (Å²) in [6, 6.07) is 5.74. The van der Waals surface area contributed by atoms with E-state index in [0.29, 0.717) is 5.95 Å². The monoisotopic (exact) mass is 217 g/mol. The molecule has 5 nitrogen and oxygen atoms in total. The van der Waals surface area contributed by atoms with Gasteiger partial charge in [-0.25, -0.2) is 0 Å². The number of aromatic nitrogens is 4. The smallest absolute Gasteiger partial charge is 0.241 e. The van der Waals surface area contributed by atoms with E-state index in [1.165, 1.54) is 11.3 Å². The molecule has 2 N–H and O–H groups in total. The Morgan fingerprint density at radius 2 is 2.27 bits per heavy atom. The minimum atomic E-state index is 0.291. The highest BCUT2D eigenvalue weighted by atomic mass is 32.1. The molecule has 0 aliphatic carbocycles. The Bertz CT molecular complexity index is 597. The first-order valence-electron chi connectivity index (χ1n) is 4.36. The zero-order valence-electron chi connectivity index (χ0n) is 7.66. The van der Waals surface area contributed by atoms with Gasteiger partial charge in [-0.2, -0.15) is 9.50 Å². The molecule has 3 heterocycles. The van der Waals surface area contributed by atoms with Crippen LogP contribution in [0.5, 0.6) is 0 Å². The van der Waals surface area contributed by atoms with Crippen molar-refractivity contribution in [2.75, 3.05) is 5.73 Å². The van der Waals surface area contributed by atoms with Crippen molar-refractivity contribution in [3.8, 4) is 11.4 Å². The average Bonchev–Trinajstić information content (AvgIpc) is 2.77. The Balaban J connectivity index is 2.27. The van der Waals surface area contributed by atoms with E-state index < -0.39 is 0 Å². The van der Waals surface area contributed by atoms with Crippen molar-refractivity contribution in [3.63, 3.8) is 0 Å². The number of pyridine rings is 1. The van der Waals surface area contributed by atoms with Crippen LogP contribution in [0.2, 0.25) is 0 Å². The van der Waals surface area contributed by atoms with Crippen LogP contribution in [0, 0.1) is 0 Å². The summed E-state index contributed by atoms with van der Waals surface area (Å²) in [5.74, 6) is 0.291. The number of hydrogen-bond donors (Lipinski definition) is 1. The predicted octanol–water partition coefficient (Wildman–Crippen LogP) is 1.43. The molecule has 74 valence electrons. The van der Waals surface area contributed by atoms with E-state index in [2.05, 4.69) is 15.1 Å². The van der Waals surface area contributed by atoms with Crippen LogP contribution >= 0.6 is 11.3 Å². The normalized spacial score (nSPS) is 10.9. The summed E-state index contributed by atoms with van der Waals surface area (Å²) in [5, 5.41) is 6.07. The van der Waals surface area contributed by atoms with Gasteiger partial charge in [0.2, 0.25) is 10.9 Å². The van der Waals surface area contributed by atoms with Gasteiger partial charge in [-0.3, -0.25) is 4.98 Å². The number of fused-ring (bicyclic) bond motifs is 1. The van der Waals surface area contributed by atoms with Crippen molar-refractivity contribution >= 4 is 22.2 Å². The van der Waals surface area contributed by atoms with Gasteiger partial charge in [0.25, 0.3) is 0 Å². The first-order chi connectivity index (χ1) is 7.34. The molecule has 0 fully saturated rings. The fourth-order valence-electron chi connectivity index (χ4n) is 1.39. The van der Waals surface area contributed by atoms with E-state index in [0.717, 1.165) is 16.3 Å². The van der Waals surface area contributed by atoms with Gasteiger partial charge in [0.15, 0.2) is 0 Å². The molecular formula is C9H7N5S. The van der Waals surface area contributed by atoms with Crippen LogP contribution in [0.25, 0.3) is 16.3 Å². The second-order valence-electron chi connectivity index (χ2n) is 3.00. The first-order valence-corrected chi connectivity index (χ1v) is 5.24. The summed E-state index contributed by atoms with van der Waals surface area (Å²) < 4.78 is 1.71. The van der Waals surface area contributed by atoms with E-state index in [1.807, 2.05) is 23.6 Å². The largest absolute Gasteiger partial charge is 0.366 e. The van der Waals surface area contributed by atoms with Crippen LogP contribution in [0.3, 0.4) is 0 Å². The molecule has 3 rings (SSSR count). The molecule has 0 saturated carbocycles. The topological polar surface area (TPSA) is 69.1 Å². The molecule has 6 heteroatoms. The molecule has 0 atom stereocenters. The van der Waals surface area contributed by atoms with Crippen molar-refractivity contribution in [2.24, 2.45) is 0 Å². The standard InChI is InChI=1S/C9H7N5S/c10-8-12-9-14(13-8)7(5-15-9)6-3-1-2-4-11-6/h1-5H,(H2,10,13). The Labute approximate surface area is 89.2 Å². The van der Waals surface area contributed by atoms with Gasteiger partial charge in [0, 0.05) is 11.6 Å². The van der Waals surface area contributed by atoms with Crippen LogP contribution in [0.1, 0.15) is 0 Å². The fraction of sp³-hybridized carbons (Fsp3) is 0. The van der Waals surface area contributed by atoms with Crippen molar-refractivity contribution < 1.29 is 0 Å². The first kappa shape index (κ1) is 8.37. The average molecular weight is 217 g/mol. The Hall–Kier alpha value is -1.95. The number of nitrogens with zero attached hydrogens (tertiary/aromatic N) is 4. The number of hydrogen-bond acceptors (Lipinski definition) is 5. The lowest BCUT2D eigenvalue weighted by atomic mass is 10.3. The Kier molecular flexibility index (Phi) is 1.69. The van der Waals surface area contributed by atoms with Gasteiger partial charge in [-0.15, -0.1) is 16.4 Å².